The first-order chi connectivity index (χ1) is 13.2. The van der Waals surface area contributed by atoms with E-state index < -0.39 is 15.9 Å². The molecule has 0 spiro atoms. The van der Waals surface area contributed by atoms with E-state index in [1.165, 1.54) is 12.1 Å². The Kier molecular flexibility index (Phi) is 7.56. The number of hydrogen-bond acceptors (Lipinski definition) is 5. The topological polar surface area (TPSA) is 105 Å². The summed E-state index contributed by atoms with van der Waals surface area (Å²) in [4.78, 5) is 26.4. The number of hydrogen-bond donors (Lipinski definition) is 2. The molecule has 0 unspecified atom stereocenters. The highest BCUT2D eigenvalue weighted by molar-refractivity contribution is 7.89. The van der Waals surface area contributed by atoms with Gasteiger partial charge in [0.25, 0.3) is 0 Å². The second kappa shape index (κ2) is 9.49. The van der Waals surface area contributed by atoms with Gasteiger partial charge in [-0.3, -0.25) is 9.59 Å². The summed E-state index contributed by atoms with van der Waals surface area (Å²) in [6.07, 6.45) is 0.846. The number of carbonyl (C=O) groups excluding carboxylic acids is 2. The summed E-state index contributed by atoms with van der Waals surface area (Å²) >= 11 is 0. The summed E-state index contributed by atoms with van der Waals surface area (Å²) in [6, 6.07) is 5.75. The summed E-state index contributed by atoms with van der Waals surface area (Å²) in [5.41, 5.74) is 0.489. The second-order valence-corrected chi connectivity index (χ2v) is 8.91. The minimum atomic E-state index is -3.59. The Hall–Kier alpha value is -1.97. The fourth-order valence-corrected chi connectivity index (χ4v) is 4.37. The van der Waals surface area contributed by atoms with Crippen molar-refractivity contribution >= 4 is 27.5 Å². The minimum absolute atomic E-state index is 0.0674. The Bertz CT molecular complexity index is 794. The number of nitrogens with zero attached hydrogens (tertiary/aromatic N) is 1. The van der Waals surface area contributed by atoms with Gasteiger partial charge in [0.05, 0.1) is 23.5 Å². The molecule has 0 radical (unpaired) electrons. The maximum atomic E-state index is 12.5. The van der Waals surface area contributed by atoms with Crippen LogP contribution in [0.3, 0.4) is 0 Å². The van der Waals surface area contributed by atoms with Crippen LogP contribution in [0, 0.1) is 5.92 Å². The van der Waals surface area contributed by atoms with Crippen LogP contribution in [0.1, 0.15) is 33.6 Å². The van der Waals surface area contributed by atoms with Gasteiger partial charge in [-0.05, 0) is 44.5 Å². The molecule has 28 heavy (non-hydrogen) atoms. The Balaban J connectivity index is 1.99. The van der Waals surface area contributed by atoms with Crippen molar-refractivity contribution in [3.63, 3.8) is 0 Å². The fraction of sp³-hybridized carbons (Fsp3) is 0.579. The number of methoxy groups -OCH3 is 1. The Labute approximate surface area is 166 Å². The van der Waals surface area contributed by atoms with Gasteiger partial charge in [0.15, 0.2) is 0 Å². The zero-order valence-corrected chi connectivity index (χ0v) is 17.6. The van der Waals surface area contributed by atoms with Gasteiger partial charge < -0.3 is 15.0 Å². The molecule has 9 heteroatoms. The van der Waals surface area contributed by atoms with Gasteiger partial charge in [-0.25, -0.2) is 13.1 Å². The lowest BCUT2D eigenvalue weighted by Gasteiger charge is -2.23. The molecule has 1 fully saturated rings. The molecule has 1 aromatic rings. The van der Waals surface area contributed by atoms with Crippen LogP contribution < -0.4 is 10.0 Å². The van der Waals surface area contributed by atoms with E-state index in [0.717, 1.165) is 0 Å². The van der Waals surface area contributed by atoms with Gasteiger partial charge in [0, 0.05) is 31.8 Å². The molecular weight excluding hydrogens is 382 g/mol. The van der Waals surface area contributed by atoms with Crippen LogP contribution in [0.5, 0.6) is 0 Å². The van der Waals surface area contributed by atoms with E-state index >= 15 is 0 Å². The van der Waals surface area contributed by atoms with Gasteiger partial charge in [-0.15, -0.1) is 0 Å². The molecule has 0 saturated carbocycles. The monoisotopic (exact) mass is 411 g/mol. The lowest BCUT2D eigenvalue weighted by atomic mass is 10.1. The number of ether oxygens (including phenoxy) is 1. The van der Waals surface area contributed by atoms with Crippen molar-refractivity contribution in [3.05, 3.63) is 24.3 Å². The number of rotatable bonds is 9. The highest BCUT2D eigenvalue weighted by Gasteiger charge is 2.36. The van der Waals surface area contributed by atoms with Gasteiger partial charge in [-0.1, -0.05) is 6.92 Å². The van der Waals surface area contributed by atoms with E-state index in [1.54, 1.807) is 31.1 Å². The molecule has 1 aliphatic rings. The summed E-state index contributed by atoms with van der Waals surface area (Å²) in [6.45, 7) is 6.35. The van der Waals surface area contributed by atoms with Crippen LogP contribution in [0.4, 0.5) is 5.69 Å². The van der Waals surface area contributed by atoms with Gasteiger partial charge in [-0.2, -0.15) is 0 Å². The summed E-state index contributed by atoms with van der Waals surface area (Å²) < 4.78 is 32.2. The highest BCUT2D eigenvalue weighted by atomic mass is 32.2. The molecule has 1 aliphatic heterocycles. The predicted octanol–water partition coefficient (Wildman–Crippen LogP) is 1.59. The highest BCUT2D eigenvalue weighted by Crippen LogP contribution is 2.23. The Morgan fingerprint density at radius 1 is 1.29 bits per heavy atom. The number of anilines is 1. The maximum absolute atomic E-state index is 12.5. The van der Waals surface area contributed by atoms with Crippen LogP contribution in [-0.2, 0) is 24.3 Å². The van der Waals surface area contributed by atoms with Crippen molar-refractivity contribution in [2.45, 2.75) is 50.6 Å². The molecule has 0 aromatic heterocycles. The largest absolute Gasteiger partial charge is 0.383 e. The SMILES string of the molecule is CC[C@@H](C)NS(=O)(=O)c1ccc(NC(=O)[C@H]2CC(=O)N([C@@H](C)COC)C2)cc1. The first-order valence-corrected chi connectivity index (χ1v) is 10.9. The van der Waals surface area contributed by atoms with E-state index in [2.05, 4.69) is 10.0 Å². The van der Waals surface area contributed by atoms with Crippen molar-refractivity contribution in [2.75, 3.05) is 25.6 Å². The molecule has 3 atom stereocenters. The molecular formula is C19H29N3O5S. The van der Waals surface area contributed by atoms with Gasteiger partial charge in [0.2, 0.25) is 21.8 Å². The van der Waals surface area contributed by atoms with Crippen LogP contribution in [0.25, 0.3) is 0 Å². The number of likely N-dealkylation sites (tertiary alicyclic amines) is 1. The normalized spacial score (nSPS) is 19.5. The lowest BCUT2D eigenvalue weighted by molar-refractivity contribution is -0.130. The number of benzene rings is 1. The molecule has 1 heterocycles. The average Bonchev–Trinajstić information content (AvgIpc) is 3.04. The van der Waals surface area contributed by atoms with E-state index in [-0.39, 0.29) is 35.2 Å². The second-order valence-electron chi connectivity index (χ2n) is 7.20. The van der Waals surface area contributed by atoms with Crippen LogP contribution in [-0.4, -0.2) is 57.5 Å². The Morgan fingerprint density at radius 3 is 2.50 bits per heavy atom. The standard InChI is InChI=1S/C19H29N3O5S/c1-5-13(2)21-28(25,26)17-8-6-16(7-9-17)20-19(24)15-10-18(23)22(11-15)14(3)12-27-4/h6-9,13-15,21H,5,10-12H2,1-4H3,(H,20,24)/t13-,14+,15+/m1/s1. The predicted molar refractivity (Wildman–Crippen MR) is 106 cm³/mol. The van der Waals surface area contributed by atoms with Crippen molar-refractivity contribution in [2.24, 2.45) is 5.92 Å². The third-order valence-corrected chi connectivity index (χ3v) is 6.48. The Morgan fingerprint density at radius 2 is 1.93 bits per heavy atom. The summed E-state index contributed by atoms with van der Waals surface area (Å²) in [5, 5.41) is 2.76. The number of nitrogens with one attached hydrogen (secondary N) is 2. The lowest BCUT2D eigenvalue weighted by Crippen LogP contribution is -2.38. The zero-order chi connectivity index (χ0) is 20.9. The molecule has 1 aromatic carbocycles. The molecule has 8 nitrogen and oxygen atoms in total. The molecule has 0 aliphatic carbocycles. The van der Waals surface area contributed by atoms with Crippen molar-refractivity contribution in [1.29, 1.82) is 0 Å². The van der Waals surface area contributed by atoms with Gasteiger partial charge in [0.1, 0.15) is 0 Å². The minimum Gasteiger partial charge on any atom is -0.383 e. The van der Waals surface area contributed by atoms with E-state index in [4.69, 9.17) is 4.74 Å². The van der Waals surface area contributed by atoms with Crippen LogP contribution >= 0.6 is 0 Å². The summed E-state index contributed by atoms with van der Waals surface area (Å²) in [7, 11) is -2.02. The molecule has 2 N–H and O–H groups in total. The van der Waals surface area contributed by atoms with E-state index in [9.17, 15) is 18.0 Å². The first kappa shape index (κ1) is 22.3. The number of amides is 2. The van der Waals surface area contributed by atoms with Crippen LogP contribution in [0.15, 0.2) is 29.2 Å². The van der Waals surface area contributed by atoms with Crippen molar-refractivity contribution < 1.29 is 22.7 Å². The summed E-state index contributed by atoms with van der Waals surface area (Å²) in [5.74, 6) is -0.765. The third kappa shape index (κ3) is 5.52. The molecule has 1 saturated heterocycles. The molecule has 156 valence electrons. The van der Waals surface area contributed by atoms with Crippen molar-refractivity contribution in [1.82, 2.24) is 9.62 Å². The van der Waals surface area contributed by atoms with Gasteiger partial charge >= 0.3 is 0 Å². The zero-order valence-electron chi connectivity index (χ0n) is 16.8. The fourth-order valence-electron chi connectivity index (χ4n) is 3.04. The smallest absolute Gasteiger partial charge is 0.240 e. The van der Waals surface area contributed by atoms with E-state index in [1.807, 2.05) is 13.8 Å². The van der Waals surface area contributed by atoms with Crippen molar-refractivity contribution in [3.8, 4) is 0 Å². The van der Waals surface area contributed by atoms with E-state index in [0.29, 0.717) is 25.3 Å². The van der Waals surface area contributed by atoms with Crippen LogP contribution in [0.2, 0.25) is 0 Å². The quantitative estimate of drug-likeness (QED) is 0.642. The molecule has 2 rings (SSSR count). The molecule has 0 bridgehead atoms. The number of sulfonamides is 1. The number of carbonyl (C=O) groups is 2. The average molecular weight is 412 g/mol. The third-order valence-electron chi connectivity index (χ3n) is 4.87. The first-order valence-electron chi connectivity index (χ1n) is 9.39. The maximum Gasteiger partial charge on any atom is 0.240 e. The molecule has 2 amide bonds.